The van der Waals surface area contributed by atoms with E-state index in [1.807, 2.05) is 11.8 Å². The first kappa shape index (κ1) is 22.3. The van der Waals surface area contributed by atoms with Crippen LogP contribution in [0.4, 0.5) is 0 Å². The van der Waals surface area contributed by atoms with Gasteiger partial charge in [0.15, 0.2) is 0 Å². The Morgan fingerprint density at radius 2 is 1.05 bits per heavy atom. The van der Waals surface area contributed by atoms with Gasteiger partial charge in [0.25, 0.3) is 0 Å². The van der Waals surface area contributed by atoms with Crippen LogP contribution < -0.4 is 21.1 Å². The second kappa shape index (κ2) is 7.89. The minimum Gasteiger partial charge on any atom is -0.343 e. The lowest BCUT2D eigenvalue weighted by Crippen LogP contribution is -2.24. The van der Waals surface area contributed by atoms with Crippen molar-refractivity contribution < 1.29 is 0 Å². The summed E-state index contributed by atoms with van der Waals surface area (Å²) in [5.74, 6) is 0. The zero-order chi connectivity index (χ0) is 25.0. The van der Waals surface area contributed by atoms with Crippen molar-refractivity contribution in [3.8, 4) is 0 Å². The Morgan fingerprint density at radius 3 is 1.51 bits per heavy atom. The number of halogens is 2. The lowest BCUT2D eigenvalue weighted by atomic mass is 10.0. The highest BCUT2D eigenvalue weighted by molar-refractivity contribution is 9.12. The van der Waals surface area contributed by atoms with Crippen molar-refractivity contribution >= 4 is 67.9 Å². The average molecular weight is 626 g/mol. The lowest BCUT2D eigenvalue weighted by Gasteiger charge is -2.27. The van der Waals surface area contributed by atoms with Crippen LogP contribution in [-0.2, 0) is 14.1 Å². The fourth-order valence-corrected chi connectivity index (χ4v) is 9.38. The van der Waals surface area contributed by atoms with Crippen LogP contribution in [0, 0.1) is 21.1 Å². The Labute approximate surface area is 234 Å². The highest BCUT2D eigenvalue weighted by Crippen LogP contribution is 2.52. The molecule has 2 aromatic carbocycles. The molecule has 0 aliphatic heterocycles. The van der Waals surface area contributed by atoms with Crippen molar-refractivity contribution in [1.82, 2.24) is 9.13 Å². The van der Waals surface area contributed by atoms with Crippen molar-refractivity contribution in [2.24, 2.45) is 14.1 Å². The molecular formula is C32H22Br2N2S. The standard InChI is InChI=1S/C32H22Br2N2S/c1-35-25-13-11-23(33)31(27(25)21-15-17-7-3-5-9-19(17)29(21)35)37-32-24(34)12-14-26-28(32)22-16-18-8-4-6-10-20(18)30(22)36(26)2/h3-16,31-32H,1-2H3. The van der Waals surface area contributed by atoms with Gasteiger partial charge in [0.05, 0.1) is 21.2 Å². The Hall–Kier alpha value is -2.73. The molecule has 8 rings (SSSR count). The van der Waals surface area contributed by atoms with Crippen molar-refractivity contribution in [1.29, 1.82) is 0 Å². The fourth-order valence-electron chi connectivity index (χ4n) is 6.55. The highest BCUT2D eigenvalue weighted by atomic mass is 79.9. The predicted octanol–water partition coefficient (Wildman–Crippen LogP) is 4.88. The topological polar surface area (TPSA) is 9.86 Å². The molecule has 0 saturated heterocycles. The summed E-state index contributed by atoms with van der Waals surface area (Å²) >= 11 is 9.99. The molecule has 4 aromatic rings. The summed E-state index contributed by atoms with van der Waals surface area (Å²) in [7, 11) is 4.41. The number of aromatic nitrogens is 2. The fraction of sp³-hybridized carbons (Fsp3) is 0.125. The Bertz CT molecular complexity index is 2070. The van der Waals surface area contributed by atoms with Gasteiger partial charge >= 0.3 is 0 Å². The van der Waals surface area contributed by atoms with Crippen LogP contribution in [0.15, 0.2) is 69.6 Å². The molecule has 4 aliphatic carbocycles. The Balaban J connectivity index is 1.35. The molecule has 2 nitrogen and oxygen atoms in total. The zero-order valence-corrected chi connectivity index (χ0v) is 24.3. The van der Waals surface area contributed by atoms with Gasteiger partial charge < -0.3 is 9.13 Å². The molecule has 0 amide bonds. The van der Waals surface area contributed by atoms with E-state index in [4.69, 9.17) is 0 Å². The van der Waals surface area contributed by atoms with Crippen molar-refractivity contribution in [3.63, 3.8) is 0 Å². The molecule has 37 heavy (non-hydrogen) atoms. The minimum absolute atomic E-state index is 0.192. The number of hydrogen-bond acceptors (Lipinski definition) is 1. The molecule has 0 spiro atoms. The van der Waals surface area contributed by atoms with Crippen LogP contribution in [0.3, 0.4) is 0 Å². The number of nitrogens with zero attached hydrogens (tertiary/aromatic N) is 2. The molecule has 2 atom stereocenters. The van der Waals surface area contributed by atoms with Crippen molar-refractivity contribution in [2.45, 2.75) is 10.5 Å². The lowest BCUT2D eigenvalue weighted by molar-refractivity contribution is 0.848. The molecule has 5 heteroatoms. The predicted molar refractivity (Wildman–Crippen MR) is 161 cm³/mol. The van der Waals surface area contributed by atoms with E-state index in [0.29, 0.717) is 0 Å². The molecule has 0 radical (unpaired) electrons. The zero-order valence-electron chi connectivity index (χ0n) is 20.3. The SMILES string of the molecule is Cn1c2c(c3c1=c1ccccc1=C3)C(SC1C(Br)=CC=c3c1c1c(n3C)=c3ccccc3=C1)C(Br)=CC=2. The van der Waals surface area contributed by atoms with E-state index in [2.05, 4.69) is 140 Å². The minimum atomic E-state index is 0.192. The molecule has 2 unspecified atom stereocenters. The van der Waals surface area contributed by atoms with Crippen LogP contribution in [0.25, 0.3) is 24.3 Å². The van der Waals surface area contributed by atoms with Crippen molar-refractivity contribution in [2.75, 3.05) is 0 Å². The Morgan fingerprint density at radius 1 is 0.622 bits per heavy atom. The first-order valence-corrected chi connectivity index (χ1v) is 15.0. The number of hydrogen-bond donors (Lipinski definition) is 0. The summed E-state index contributed by atoms with van der Waals surface area (Å²) in [5.41, 5.74) is 5.53. The van der Waals surface area contributed by atoms with Crippen LogP contribution >= 0.6 is 43.6 Å². The second-order valence-corrected chi connectivity index (χ2v) is 13.1. The third-order valence-electron chi connectivity index (χ3n) is 8.17. The quantitative estimate of drug-likeness (QED) is 0.267. The van der Waals surface area contributed by atoms with E-state index in [-0.39, 0.29) is 10.5 Å². The van der Waals surface area contributed by atoms with Gasteiger partial charge in [-0.15, -0.1) is 11.8 Å². The molecule has 180 valence electrons. The summed E-state index contributed by atoms with van der Waals surface area (Å²) in [4.78, 5) is 0. The molecule has 2 aromatic heterocycles. The molecule has 0 saturated carbocycles. The molecule has 4 aliphatic rings. The van der Waals surface area contributed by atoms with Gasteiger partial charge in [-0.1, -0.05) is 80.4 Å². The van der Waals surface area contributed by atoms with E-state index in [0.717, 1.165) is 0 Å². The van der Waals surface area contributed by atoms with Gasteiger partial charge in [-0.3, -0.25) is 0 Å². The monoisotopic (exact) mass is 624 g/mol. The van der Waals surface area contributed by atoms with Crippen LogP contribution in [-0.4, -0.2) is 9.13 Å². The van der Waals surface area contributed by atoms with Crippen LogP contribution in [0.5, 0.6) is 0 Å². The normalized spacial score (nSPS) is 19.6. The van der Waals surface area contributed by atoms with Gasteiger partial charge in [-0.2, -0.15) is 0 Å². The van der Waals surface area contributed by atoms with E-state index >= 15 is 0 Å². The summed E-state index contributed by atoms with van der Waals surface area (Å²) in [6.45, 7) is 0. The average Bonchev–Trinajstić information content (AvgIpc) is 3.61. The Kier molecular flexibility index (Phi) is 4.75. The summed E-state index contributed by atoms with van der Waals surface area (Å²) in [6, 6.07) is 17.5. The molecule has 0 fully saturated rings. The number of fused-ring (bicyclic) bond motifs is 8. The summed E-state index contributed by atoms with van der Waals surface area (Å²) in [5, 5.41) is 10.9. The first-order valence-electron chi connectivity index (χ1n) is 12.4. The number of rotatable bonds is 2. The number of benzene rings is 2. The van der Waals surface area contributed by atoms with Gasteiger partial charge in [0, 0.05) is 66.4 Å². The molecule has 2 heterocycles. The second-order valence-electron chi connectivity index (χ2n) is 10.0. The number of allylic oxidation sites excluding steroid dienone is 2. The maximum absolute atomic E-state index is 3.99. The largest absolute Gasteiger partial charge is 0.343 e. The van der Waals surface area contributed by atoms with E-state index in [1.54, 1.807) is 0 Å². The van der Waals surface area contributed by atoms with Gasteiger partial charge in [0.2, 0.25) is 0 Å². The molecule has 0 bridgehead atoms. The van der Waals surface area contributed by atoms with Gasteiger partial charge in [0.1, 0.15) is 0 Å². The molecular weight excluding hydrogens is 604 g/mol. The number of thioether (sulfide) groups is 1. The third-order valence-corrected chi connectivity index (χ3v) is 11.7. The third kappa shape index (κ3) is 2.94. The van der Waals surface area contributed by atoms with Gasteiger partial charge in [-0.05, 0) is 46.9 Å². The van der Waals surface area contributed by atoms with E-state index < -0.39 is 0 Å². The molecule has 0 N–H and O–H groups in total. The summed E-state index contributed by atoms with van der Waals surface area (Å²) < 4.78 is 7.20. The maximum atomic E-state index is 3.99. The van der Waals surface area contributed by atoms with Crippen LogP contribution in [0.2, 0.25) is 0 Å². The highest BCUT2D eigenvalue weighted by Gasteiger charge is 2.34. The van der Waals surface area contributed by atoms with E-state index in [1.165, 1.54) is 73.5 Å². The first-order chi connectivity index (χ1) is 18.0. The van der Waals surface area contributed by atoms with Gasteiger partial charge in [-0.25, -0.2) is 0 Å². The van der Waals surface area contributed by atoms with Crippen molar-refractivity contribution in [3.05, 3.63) is 134 Å². The summed E-state index contributed by atoms with van der Waals surface area (Å²) in [6.07, 6.45) is 13.8. The van der Waals surface area contributed by atoms with E-state index in [9.17, 15) is 0 Å². The smallest absolute Gasteiger partial charge is 0.0649 e. The van der Waals surface area contributed by atoms with Crippen LogP contribution in [0.1, 0.15) is 32.8 Å². The maximum Gasteiger partial charge on any atom is 0.0649 e.